The van der Waals surface area contributed by atoms with E-state index in [1.165, 1.54) is 10.8 Å². The van der Waals surface area contributed by atoms with Gasteiger partial charge in [-0.25, -0.2) is 0 Å². The van der Waals surface area contributed by atoms with Crippen LogP contribution < -0.4 is 0 Å². The molecule has 1 aliphatic carbocycles. The van der Waals surface area contributed by atoms with Crippen molar-refractivity contribution in [2.24, 2.45) is 0 Å². The first-order chi connectivity index (χ1) is 11.2. The molecule has 1 nitrogen and oxygen atoms in total. The molecule has 23 heavy (non-hydrogen) atoms. The zero-order valence-electron chi connectivity index (χ0n) is 12.3. The van der Waals surface area contributed by atoms with E-state index >= 15 is 0 Å². The second-order valence-electron chi connectivity index (χ2n) is 6.10. The molecule has 110 valence electrons. The van der Waals surface area contributed by atoms with E-state index in [9.17, 15) is 5.11 Å². The normalized spacial score (nSPS) is 19.0. The molecule has 0 bridgehead atoms. The van der Waals surface area contributed by atoms with Gasteiger partial charge in [0.2, 0.25) is 0 Å². The fraction of sp³-hybridized carbons (Fsp3) is 0.0476. The molecule has 5 rings (SSSR count). The molecule has 1 atom stereocenters. The van der Waals surface area contributed by atoms with Crippen molar-refractivity contribution in [2.45, 2.75) is 5.60 Å². The van der Waals surface area contributed by atoms with Gasteiger partial charge in [0.25, 0.3) is 0 Å². The Morgan fingerprint density at radius 2 is 1.43 bits per heavy atom. The van der Waals surface area contributed by atoms with E-state index in [2.05, 4.69) is 46.3 Å². The van der Waals surface area contributed by atoms with Crippen LogP contribution in [0.3, 0.4) is 0 Å². The third kappa shape index (κ3) is 1.60. The molecule has 0 heterocycles. The molecule has 4 aromatic rings. The van der Waals surface area contributed by atoms with Crippen molar-refractivity contribution in [3.05, 3.63) is 94.0 Å². The Morgan fingerprint density at radius 3 is 2.26 bits per heavy atom. The molecule has 0 saturated carbocycles. The summed E-state index contributed by atoms with van der Waals surface area (Å²) in [5.74, 6) is 0. The van der Waals surface area contributed by atoms with Gasteiger partial charge in [0.05, 0.1) is 0 Å². The molecule has 0 saturated heterocycles. The maximum atomic E-state index is 11.8. The van der Waals surface area contributed by atoms with Crippen LogP contribution in [0.4, 0.5) is 0 Å². The molecule has 2 heteroatoms. The van der Waals surface area contributed by atoms with Crippen molar-refractivity contribution in [1.29, 1.82) is 0 Å². The van der Waals surface area contributed by atoms with Crippen LogP contribution in [-0.4, -0.2) is 5.11 Å². The van der Waals surface area contributed by atoms with Crippen molar-refractivity contribution in [3.8, 4) is 0 Å². The van der Waals surface area contributed by atoms with Crippen LogP contribution in [-0.2, 0) is 5.60 Å². The van der Waals surface area contributed by atoms with Crippen LogP contribution in [0.25, 0.3) is 21.5 Å². The standard InChI is InChI=1S/C21H13BrO/c22-16-11-14-10-9-13-5-4-8-17-19(13)20(14)18(12-16)21(17,23)15-6-2-1-3-7-15/h1-12,23H. The maximum Gasteiger partial charge on any atom is 0.141 e. The summed E-state index contributed by atoms with van der Waals surface area (Å²) in [4.78, 5) is 0. The van der Waals surface area contributed by atoms with E-state index < -0.39 is 5.60 Å². The van der Waals surface area contributed by atoms with Crippen LogP contribution in [0.15, 0.2) is 77.3 Å². The third-order valence-electron chi connectivity index (χ3n) is 4.89. The molecule has 0 amide bonds. The van der Waals surface area contributed by atoms with E-state index in [-0.39, 0.29) is 0 Å². The number of rotatable bonds is 1. The smallest absolute Gasteiger partial charge is 0.141 e. The second-order valence-corrected chi connectivity index (χ2v) is 7.01. The van der Waals surface area contributed by atoms with E-state index in [0.29, 0.717) is 0 Å². The summed E-state index contributed by atoms with van der Waals surface area (Å²) in [6.45, 7) is 0. The molecule has 0 aromatic heterocycles. The van der Waals surface area contributed by atoms with Crippen molar-refractivity contribution < 1.29 is 5.11 Å². The molecule has 1 N–H and O–H groups in total. The minimum absolute atomic E-state index is 0.906. The van der Waals surface area contributed by atoms with Crippen molar-refractivity contribution in [3.63, 3.8) is 0 Å². The Bertz CT molecular complexity index is 1090. The Hall–Kier alpha value is -2.16. The number of hydrogen-bond acceptors (Lipinski definition) is 1. The lowest BCUT2D eigenvalue weighted by molar-refractivity contribution is 0.131. The lowest BCUT2D eigenvalue weighted by atomic mass is 9.84. The molecule has 0 aliphatic heterocycles. The number of aliphatic hydroxyl groups is 1. The topological polar surface area (TPSA) is 20.2 Å². The van der Waals surface area contributed by atoms with Gasteiger partial charge in [-0.05, 0) is 39.2 Å². The summed E-state index contributed by atoms with van der Waals surface area (Å²) in [6, 6.07) is 24.5. The zero-order chi connectivity index (χ0) is 15.6. The Balaban J connectivity index is 2.04. The van der Waals surface area contributed by atoms with Crippen molar-refractivity contribution in [2.75, 3.05) is 0 Å². The van der Waals surface area contributed by atoms with Crippen LogP contribution in [0.1, 0.15) is 16.7 Å². The van der Waals surface area contributed by atoms with Crippen molar-refractivity contribution >= 4 is 37.5 Å². The van der Waals surface area contributed by atoms with Crippen molar-refractivity contribution in [1.82, 2.24) is 0 Å². The zero-order valence-corrected chi connectivity index (χ0v) is 13.8. The summed E-state index contributed by atoms with van der Waals surface area (Å²) < 4.78 is 0.988. The minimum Gasteiger partial charge on any atom is -0.376 e. The largest absolute Gasteiger partial charge is 0.376 e. The molecule has 0 radical (unpaired) electrons. The predicted octanol–water partition coefficient (Wildman–Crippen LogP) is 5.35. The first kappa shape index (κ1) is 13.3. The lowest BCUT2D eigenvalue weighted by Crippen LogP contribution is -2.26. The summed E-state index contributed by atoms with van der Waals surface area (Å²) >= 11 is 3.60. The quantitative estimate of drug-likeness (QED) is 0.453. The summed E-state index contributed by atoms with van der Waals surface area (Å²) in [5.41, 5.74) is 1.73. The lowest BCUT2D eigenvalue weighted by Gasteiger charge is -2.27. The van der Waals surface area contributed by atoms with Gasteiger partial charge in [0, 0.05) is 15.6 Å². The van der Waals surface area contributed by atoms with Gasteiger partial charge in [-0.1, -0.05) is 76.6 Å². The predicted molar refractivity (Wildman–Crippen MR) is 97.7 cm³/mol. The van der Waals surface area contributed by atoms with Crippen LogP contribution in [0, 0.1) is 0 Å². The van der Waals surface area contributed by atoms with Gasteiger partial charge in [-0.2, -0.15) is 0 Å². The highest BCUT2D eigenvalue weighted by atomic mass is 79.9. The number of halogens is 1. The van der Waals surface area contributed by atoms with Crippen LogP contribution in [0.5, 0.6) is 0 Å². The molecule has 4 aromatic carbocycles. The van der Waals surface area contributed by atoms with E-state index in [1.54, 1.807) is 0 Å². The molecule has 1 unspecified atom stereocenters. The van der Waals surface area contributed by atoms with Gasteiger partial charge in [0.15, 0.2) is 0 Å². The van der Waals surface area contributed by atoms with Gasteiger partial charge < -0.3 is 5.11 Å². The third-order valence-corrected chi connectivity index (χ3v) is 5.35. The summed E-state index contributed by atoms with van der Waals surface area (Å²) in [5, 5.41) is 16.5. The SMILES string of the molecule is OC1(c2ccccc2)c2cccc3ccc4cc(Br)cc1c4c23. The second kappa shape index (κ2) is 4.44. The fourth-order valence-electron chi connectivity index (χ4n) is 3.93. The van der Waals surface area contributed by atoms with E-state index in [1.807, 2.05) is 42.5 Å². The fourth-order valence-corrected chi connectivity index (χ4v) is 4.40. The number of hydrogen-bond donors (Lipinski definition) is 1. The Morgan fingerprint density at radius 1 is 0.696 bits per heavy atom. The van der Waals surface area contributed by atoms with Gasteiger partial charge >= 0.3 is 0 Å². The monoisotopic (exact) mass is 360 g/mol. The molecular formula is C21H13BrO. The molecular weight excluding hydrogens is 348 g/mol. The van der Waals surface area contributed by atoms with Gasteiger partial charge in [-0.15, -0.1) is 0 Å². The average molecular weight is 361 g/mol. The minimum atomic E-state index is -1.10. The summed E-state index contributed by atoms with van der Waals surface area (Å²) in [6.07, 6.45) is 0. The van der Waals surface area contributed by atoms with Gasteiger partial charge in [0.1, 0.15) is 5.60 Å². The first-order valence-electron chi connectivity index (χ1n) is 7.63. The average Bonchev–Trinajstić information content (AvgIpc) is 2.85. The van der Waals surface area contributed by atoms with Crippen LogP contribution >= 0.6 is 15.9 Å². The van der Waals surface area contributed by atoms with E-state index in [4.69, 9.17) is 0 Å². The maximum absolute atomic E-state index is 11.8. The highest BCUT2D eigenvalue weighted by Gasteiger charge is 2.41. The first-order valence-corrected chi connectivity index (χ1v) is 8.43. The molecule has 1 aliphatic rings. The molecule has 0 spiro atoms. The Kier molecular flexibility index (Phi) is 2.56. The highest BCUT2D eigenvalue weighted by molar-refractivity contribution is 9.10. The number of benzene rings is 4. The highest BCUT2D eigenvalue weighted by Crippen LogP contribution is 2.51. The molecule has 0 fully saturated rings. The van der Waals surface area contributed by atoms with Crippen LogP contribution in [0.2, 0.25) is 0 Å². The van der Waals surface area contributed by atoms with Gasteiger partial charge in [-0.3, -0.25) is 0 Å². The Labute approximate surface area is 142 Å². The summed E-state index contributed by atoms with van der Waals surface area (Å²) in [7, 11) is 0. The van der Waals surface area contributed by atoms with E-state index in [0.717, 1.165) is 31.9 Å².